The topological polar surface area (TPSA) is 75.7 Å². The maximum Gasteiger partial charge on any atom is 0.246 e. The molecule has 27 heavy (non-hydrogen) atoms. The Labute approximate surface area is 159 Å². The number of anilines is 2. The molecule has 0 aromatic heterocycles. The molecule has 1 aliphatic heterocycles. The molecule has 2 fully saturated rings. The molecule has 0 spiro atoms. The maximum atomic E-state index is 12.9. The van der Waals surface area contributed by atoms with Crippen molar-refractivity contribution in [2.24, 2.45) is 0 Å². The van der Waals surface area contributed by atoms with Crippen LogP contribution in [0.4, 0.5) is 11.4 Å². The molecule has 2 aliphatic rings. The highest BCUT2D eigenvalue weighted by Gasteiger charge is 2.61. The minimum absolute atomic E-state index is 0.195. The summed E-state index contributed by atoms with van der Waals surface area (Å²) < 4.78 is 29.9. The Morgan fingerprint density at radius 3 is 2.19 bits per heavy atom. The molecule has 2 aromatic rings. The van der Waals surface area contributed by atoms with Crippen LogP contribution >= 0.6 is 0 Å². The van der Waals surface area contributed by atoms with Gasteiger partial charge in [-0.15, -0.1) is 0 Å². The van der Waals surface area contributed by atoms with Gasteiger partial charge in [0.1, 0.15) is 0 Å². The number of rotatable bonds is 5. The number of nitrogens with zero attached hydrogens (tertiary/aromatic N) is 1. The third-order valence-corrected chi connectivity index (χ3v) is 7.70. The average Bonchev–Trinajstić information content (AvgIpc) is 3.53. The first kappa shape index (κ1) is 18.0. The van der Waals surface area contributed by atoms with Crippen molar-refractivity contribution < 1.29 is 17.9 Å². The number of hydrogen-bond acceptors (Lipinski definition) is 5. The van der Waals surface area contributed by atoms with Gasteiger partial charge in [0.05, 0.1) is 18.1 Å². The summed E-state index contributed by atoms with van der Waals surface area (Å²) in [5.74, 6) is -0.453. The molecule has 0 bridgehead atoms. The Hall–Kier alpha value is -2.38. The first-order chi connectivity index (χ1) is 13.0. The summed E-state index contributed by atoms with van der Waals surface area (Å²) in [5, 5.41) is 2.79. The van der Waals surface area contributed by atoms with Crippen LogP contribution in [0.3, 0.4) is 0 Å². The van der Waals surface area contributed by atoms with Gasteiger partial charge < -0.3 is 15.0 Å². The van der Waals surface area contributed by atoms with Crippen LogP contribution in [0, 0.1) is 0 Å². The second kappa shape index (κ2) is 6.98. The molecule has 1 saturated heterocycles. The van der Waals surface area contributed by atoms with Gasteiger partial charge in [-0.1, -0.05) is 18.2 Å². The summed E-state index contributed by atoms with van der Waals surface area (Å²) in [6.07, 6.45) is 0.698. The van der Waals surface area contributed by atoms with Crippen LogP contribution in [0.5, 0.6) is 0 Å². The van der Waals surface area contributed by atoms with Crippen molar-refractivity contribution in [1.82, 2.24) is 0 Å². The Morgan fingerprint density at radius 2 is 1.59 bits per heavy atom. The minimum atomic E-state index is -3.71. The van der Waals surface area contributed by atoms with E-state index in [4.69, 9.17) is 4.74 Å². The lowest BCUT2D eigenvalue weighted by Crippen LogP contribution is -2.37. The summed E-state index contributed by atoms with van der Waals surface area (Å²) in [7, 11) is -3.71. The number of carbonyl (C=O) groups excluding carboxylic acids is 1. The molecular formula is C20H22N2O4S. The molecule has 0 atom stereocenters. The highest BCUT2D eigenvalue weighted by molar-refractivity contribution is 7.94. The van der Waals surface area contributed by atoms with Crippen molar-refractivity contribution in [2.75, 3.05) is 36.5 Å². The van der Waals surface area contributed by atoms with Gasteiger partial charge in [-0.25, -0.2) is 8.42 Å². The van der Waals surface area contributed by atoms with Gasteiger partial charge in [-0.2, -0.15) is 0 Å². The van der Waals surface area contributed by atoms with Crippen molar-refractivity contribution in [2.45, 2.75) is 22.5 Å². The third kappa shape index (κ3) is 3.33. The van der Waals surface area contributed by atoms with Gasteiger partial charge in [-0.05, 0) is 49.2 Å². The van der Waals surface area contributed by atoms with Crippen LogP contribution in [0.1, 0.15) is 12.8 Å². The van der Waals surface area contributed by atoms with Crippen molar-refractivity contribution in [3.05, 3.63) is 54.6 Å². The molecule has 142 valence electrons. The Morgan fingerprint density at radius 1 is 0.963 bits per heavy atom. The first-order valence-electron chi connectivity index (χ1n) is 9.07. The molecule has 1 N–H and O–H groups in total. The number of sulfone groups is 1. The number of morpholine rings is 1. The smallest absolute Gasteiger partial charge is 0.246 e. The Bertz CT molecular complexity index is 916. The fourth-order valence-corrected chi connectivity index (χ4v) is 5.28. The van der Waals surface area contributed by atoms with Crippen molar-refractivity contribution >= 4 is 27.1 Å². The predicted molar refractivity (Wildman–Crippen MR) is 104 cm³/mol. The predicted octanol–water partition coefficient (Wildman–Crippen LogP) is 2.47. The van der Waals surface area contributed by atoms with E-state index in [9.17, 15) is 13.2 Å². The summed E-state index contributed by atoms with van der Waals surface area (Å²) in [6, 6.07) is 15.7. The lowest BCUT2D eigenvalue weighted by atomic mass is 10.2. The SMILES string of the molecule is O=C(Nc1ccc(N2CCOCC2)cc1)C1(S(=O)(=O)c2ccccc2)CC1. The largest absolute Gasteiger partial charge is 0.378 e. The van der Waals surface area contributed by atoms with Crippen LogP contribution in [0.2, 0.25) is 0 Å². The van der Waals surface area contributed by atoms with E-state index < -0.39 is 20.5 Å². The van der Waals surface area contributed by atoms with E-state index in [1.807, 2.05) is 24.3 Å². The lowest BCUT2D eigenvalue weighted by Gasteiger charge is -2.29. The zero-order chi connectivity index (χ0) is 18.9. The average molecular weight is 386 g/mol. The molecule has 6 nitrogen and oxygen atoms in total. The third-order valence-electron chi connectivity index (χ3n) is 5.19. The van der Waals surface area contributed by atoms with Crippen molar-refractivity contribution in [3.8, 4) is 0 Å². The molecule has 1 saturated carbocycles. The fourth-order valence-electron chi connectivity index (χ4n) is 3.38. The van der Waals surface area contributed by atoms with Gasteiger partial charge in [-0.3, -0.25) is 4.79 Å². The Balaban J connectivity index is 1.49. The molecule has 7 heteroatoms. The lowest BCUT2D eigenvalue weighted by molar-refractivity contribution is -0.116. The molecule has 4 rings (SSSR count). The zero-order valence-electron chi connectivity index (χ0n) is 14.9. The summed E-state index contributed by atoms with van der Waals surface area (Å²) >= 11 is 0. The van der Waals surface area contributed by atoms with Crippen molar-refractivity contribution in [3.63, 3.8) is 0 Å². The van der Waals surface area contributed by atoms with Crippen LogP contribution in [-0.4, -0.2) is 45.4 Å². The van der Waals surface area contributed by atoms with Gasteiger partial charge in [0.15, 0.2) is 14.6 Å². The van der Waals surface area contributed by atoms with Gasteiger partial charge in [0.25, 0.3) is 0 Å². The standard InChI is InChI=1S/C20H22N2O4S/c23-19(20(10-11-20)27(24,25)18-4-2-1-3-5-18)21-16-6-8-17(9-7-16)22-12-14-26-15-13-22/h1-9H,10-15H2,(H,21,23). The molecule has 0 radical (unpaired) electrons. The number of hydrogen-bond donors (Lipinski definition) is 1. The summed E-state index contributed by atoms with van der Waals surface area (Å²) in [4.78, 5) is 15.2. The molecule has 1 aliphatic carbocycles. The summed E-state index contributed by atoms with van der Waals surface area (Å²) in [5.41, 5.74) is 1.67. The van der Waals surface area contributed by atoms with E-state index in [-0.39, 0.29) is 4.90 Å². The number of ether oxygens (including phenoxy) is 1. The van der Waals surface area contributed by atoms with Crippen LogP contribution in [-0.2, 0) is 19.4 Å². The highest BCUT2D eigenvalue weighted by atomic mass is 32.2. The fraction of sp³-hybridized carbons (Fsp3) is 0.350. The molecule has 0 unspecified atom stereocenters. The van der Waals surface area contributed by atoms with E-state index in [2.05, 4.69) is 10.2 Å². The Kier molecular flexibility index (Phi) is 4.65. The van der Waals surface area contributed by atoms with Gasteiger partial charge >= 0.3 is 0 Å². The second-order valence-corrected chi connectivity index (χ2v) is 9.17. The minimum Gasteiger partial charge on any atom is -0.378 e. The molecular weight excluding hydrogens is 364 g/mol. The van der Waals surface area contributed by atoms with E-state index in [0.717, 1.165) is 18.8 Å². The van der Waals surface area contributed by atoms with E-state index in [0.29, 0.717) is 31.7 Å². The van der Waals surface area contributed by atoms with E-state index in [1.165, 1.54) is 0 Å². The number of benzene rings is 2. The number of nitrogens with one attached hydrogen (secondary N) is 1. The van der Waals surface area contributed by atoms with Crippen LogP contribution in [0.25, 0.3) is 0 Å². The van der Waals surface area contributed by atoms with Gasteiger partial charge in [0, 0.05) is 24.5 Å². The van der Waals surface area contributed by atoms with Crippen LogP contribution in [0.15, 0.2) is 59.5 Å². The van der Waals surface area contributed by atoms with Gasteiger partial charge in [0.2, 0.25) is 5.91 Å². The molecule has 2 aromatic carbocycles. The quantitative estimate of drug-likeness (QED) is 0.854. The monoisotopic (exact) mass is 386 g/mol. The number of carbonyl (C=O) groups is 1. The maximum absolute atomic E-state index is 12.9. The zero-order valence-corrected chi connectivity index (χ0v) is 15.7. The number of amides is 1. The van der Waals surface area contributed by atoms with Crippen LogP contribution < -0.4 is 10.2 Å². The summed E-state index contributed by atoms with van der Waals surface area (Å²) in [6.45, 7) is 3.09. The highest BCUT2D eigenvalue weighted by Crippen LogP contribution is 2.47. The van der Waals surface area contributed by atoms with Crippen molar-refractivity contribution in [1.29, 1.82) is 0 Å². The second-order valence-electron chi connectivity index (χ2n) is 6.91. The van der Waals surface area contributed by atoms with E-state index >= 15 is 0 Å². The first-order valence-corrected chi connectivity index (χ1v) is 10.6. The molecule has 1 heterocycles. The normalized spacial score (nSPS) is 18.7. The van der Waals surface area contributed by atoms with E-state index in [1.54, 1.807) is 30.3 Å². The molecule has 1 amide bonds.